The van der Waals surface area contributed by atoms with Crippen molar-refractivity contribution < 1.29 is 8.78 Å². The van der Waals surface area contributed by atoms with Crippen LogP contribution < -0.4 is 0 Å². The van der Waals surface area contributed by atoms with E-state index in [0.717, 1.165) is 0 Å². The lowest BCUT2D eigenvalue weighted by Crippen LogP contribution is -1.99. The highest BCUT2D eigenvalue weighted by Gasteiger charge is 2.05. The van der Waals surface area contributed by atoms with E-state index in [0.29, 0.717) is 0 Å². The molecule has 0 aliphatic rings. The summed E-state index contributed by atoms with van der Waals surface area (Å²) in [5, 5.41) is -0.653. The molecule has 0 rings (SSSR count). The summed E-state index contributed by atoms with van der Waals surface area (Å²) in [5.74, 6) is 0. The van der Waals surface area contributed by atoms with Crippen molar-refractivity contribution in [3.05, 3.63) is 6.92 Å². The van der Waals surface area contributed by atoms with E-state index in [1.165, 1.54) is 0 Å². The van der Waals surface area contributed by atoms with E-state index < -0.39 is 11.8 Å². The Kier molecular flexibility index (Phi) is 3.26. The molecule has 0 aliphatic carbocycles. The molecule has 0 bridgehead atoms. The van der Waals surface area contributed by atoms with E-state index in [2.05, 4.69) is 6.92 Å². The largest absolute Gasteiger partial charge is 0.240 e. The summed E-state index contributed by atoms with van der Waals surface area (Å²) in [7, 11) is 0. The third kappa shape index (κ3) is 6.15. The molecule has 0 saturated carbocycles. The Bertz CT molecular complexity index is 39.0. The first-order valence-corrected chi connectivity index (χ1v) is 2.32. The summed E-state index contributed by atoms with van der Waals surface area (Å²) in [5.41, 5.74) is 0. The Balaban J connectivity index is 2.95. The van der Waals surface area contributed by atoms with Crippen LogP contribution in [-0.2, 0) is 0 Å². The molecule has 0 aromatic heterocycles. The minimum atomic E-state index is -2.32. The summed E-state index contributed by atoms with van der Waals surface area (Å²) in [4.78, 5) is 0. The second-order valence-corrected chi connectivity index (χ2v) is 1.84. The van der Waals surface area contributed by atoms with Crippen LogP contribution in [0.5, 0.6) is 0 Å². The predicted octanol–water partition coefficient (Wildman–Crippen LogP) is 2.08. The SMILES string of the molecule is [CH2]C(Cl)CC(F)F. The van der Waals surface area contributed by atoms with Crippen molar-refractivity contribution in [2.75, 3.05) is 0 Å². The van der Waals surface area contributed by atoms with Crippen LogP contribution in [0.4, 0.5) is 8.78 Å². The molecular weight excluding hydrogens is 121 g/mol. The number of hydrogen-bond donors (Lipinski definition) is 0. The topological polar surface area (TPSA) is 0 Å². The summed E-state index contributed by atoms with van der Waals surface area (Å²) in [6.07, 6.45) is -2.64. The fraction of sp³-hybridized carbons (Fsp3) is 0.750. The quantitative estimate of drug-likeness (QED) is 0.499. The summed E-state index contributed by atoms with van der Waals surface area (Å²) < 4.78 is 22.3. The smallest absolute Gasteiger partial charge is 0.210 e. The highest BCUT2D eigenvalue weighted by Crippen LogP contribution is 2.07. The Hall–Kier alpha value is 0.150. The van der Waals surface area contributed by atoms with Crippen molar-refractivity contribution in [2.24, 2.45) is 0 Å². The first-order valence-electron chi connectivity index (χ1n) is 1.88. The number of hydrogen-bond acceptors (Lipinski definition) is 0. The molecule has 0 nitrogen and oxygen atoms in total. The van der Waals surface area contributed by atoms with Crippen molar-refractivity contribution >= 4 is 11.6 Å². The molecule has 0 saturated heterocycles. The molecule has 1 unspecified atom stereocenters. The Morgan fingerprint density at radius 2 is 2.00 bits per heavy atom. The number of rotatable bonds is 2. The molecule has 0 aromatic carbocycles. The van der Waals surface area contributed by atoms with Gasteiger partial charge in [0.1, 0.15) is 0 Å². The van der Waals surface area contributed by atoms with Gasteiger partial charge in [-0.05, 0) is 6.92 Å². The lowest BCUT2D eigenvalue weighted by Gasteiger charge is -1.97. The van der Waals surface area contributed by atoms with Crippen LogP contribution in [0.15, 0.2) is 0 Å². The van der Waals surface area contributed by atoms with E-state index in [1.54, 1.807) is 0 Å². The average Bonchev–Trinajstić information content (AvgIpc) is 1.27. The molecule has 0 N–H and O–H groups in total. The van der Waals surface area contributed by atoms with Gasteiger partial charge in [0, 0.05) is 11.8 Å². The lowest BCUT2D eigenvalue weighted by atomic mass is 10.3. The molecule has 43 valence electrons. The minimum absolute atomic E-state index is 0.318. The molecule has 1 atom stereocenters. The second kappa shape index (κ2) is 3.19. The van der Waals surface area contributed by atoms with Crippen LogP contribution in [0, 0.1) is 6.92 Å². The Labute approximate surface area is 46.5 Å². The van der Waals surface area contributed by atoms with Crippen molar-refractivity contribution in [3.8, 4) is 0 Å². The maximum atomic E-state index is 11.2. The van der Waals surface area contributed by atoms with Crippen LogP contribution in [0.2, 0.25) is 0 Å². The third-order valence-electron chi connectivity index (χ3n) is 0.434. The molecule has 0 heterocycles. The molecule has 0 fully saturated rings. The van der Waals surface area contributed by atoms with E-state index in [1.807, 2.05) is 0 Å². The first kappa shape index (κ1) is 7.15. The van der Waals surface area contributed by atoms with Gasteiger partial charge in [0.05, 0.1) is 0 Å². The van der Waals surface area contributed by atoms with Crippen molar-refractivity contribution in [1.29, 1.82) is 0 Å². The van der Waals surface area contributed by atoms with Gasteiger partial charge in [-0.3, -0.25) is 0 Å². The van der Waals surface area contributed by atoms with Crippen molar-refractivity contribution in [1.82, 2.24) is 0 Å². The monoisotopic (exact) mass is 127 g/mol. The number of alkyl halides is 3. The molecule has 7 heavy (non-hydrogen) atoms. The minimum Gasteiger partial charge on any atom is -0.210 e. The zero-order chi connectivity index (χ0) is 5.86. The Morgan fingerprint density at radius 1 is 1.57 bits per heavy atom. The molecule has 3 heteroatoms. The van der Waals surface area contributed by atoms with Crippen LogP contribution in [0.3, 0.4) is 0 Å². The molecule has 0 amide bonds. The summed E-state index contributed by atoms with van der Waals surface area (Å²) >= 11 is 5.08. The van der Waals surface area contributed by atoms with Gasteiger partial charge in [-0.15, -0.1) is 11.6 Å². The van der Waals surface area contributed by atoms with Gasteiger partial charge in [-0.2, -0.15) is 0 Å². The van der Waals surface area contributed by atoms with Crippen LogP contribution >= 0.6 is 11.6 Å². The fourth-order valence-electron chi connectivity index (χ4n) is 0.193. The molecule has 0 aliphatic heterocycles. The van der Waals surface area contributed by atoms with E-state index in [9.17, 15) is 8.78 Å². The van der Waals surface area contributed by atoms with Gasteiger partial charge in [0.15, 0.2) is 0 Å². The lowest BCUT2D eigenvalue weighted by molar-refractivity contribution is 0.140. The summed E-state index contributed by atoms with van der Waals surface area (Å²) in [6.45, 7) is 3.16. The average molecular weight is 128 g/mol. The van der Waals surface area contributed by atoms with Crippen LogP contribution in [-0.4, -0.2) is 11.8 Å². The zero-order valence-corrected chi connectivity index (χ0v) is 4.46. The van der Waals surface area contributed by atoms with Gasteiger partial charge >= 0.3 is 0 Å². The predicted molar refractivity (Wildman–Crippen MR) is 25.6 cm³/mol. The molecule has 0 spiro atoms. The number of halogens is 3. The zero-order valence-electron chi connectivity index (χ0n) is 3.70. The maximum absolute atomic E-state index is 11.2. The fourth-order valence-corrected chi connectivity index (χ4v) is 0.328. The molecule has 1 radical (unpaired) electrons. The van der Waals surface area contributed by atoms with Gasteiger partial charge < -0.3 is 0 Å². The Morgan fingerprint density at radius 3 is 2.00 bits per heavy atom. The van der Waals surface area contributed by atoms with E-state index >= 15 is 0 Å². The normalized spacial score (nSPS) is 15.0. The highest BCUT2D eigenvalue weighted by atomic mass is 35.5. The molecular formula is C4H6ClF2. The highest BCUT2D eigenvalue weighted by molar-refractivity contribution is 6.21. The first-order chi connectivity index (χ1) is 3.13. The van der Waals surface area contributed by atoms with E-state index in [-0.39, 0.29) is 6.42 Å². The van der Waals surface area contributed by atoms with Gasteiger partial charge in [0.25, 0.3) is 0 Å². The maximum Gasteiger partial charge on any atom is 0.240 e. The van der Waals surface area contributed by atoms with E-state index in [4.69, 9.17) is 11.6 Å². The standard InChI is InChI=1S/C4H6ClF2/c1-3(5)2-4(6)7/h3-4H,1-2H2. The molecule has 0 aromatic rings. The second-order valence-electron chi connectivity index (χ2n) is 1.22. The van der Waals surface area contributed by atoms with Gasteiger partial charge in [0.2, 0.25) is 6.43 Å². The third-order valence-corrected chi connectivity index (χ3v) is 0.612. The van der Waals surface area contributed by atoms with Crippen molar-refractivity contribution in [3.63, 3.8) is 0 Å². The van der Waals surface area contributed by atoms with Crippen molar-refractivity contribution in [2.45, 2.75) is 18.2 Å². The van der Waals surface area contributed by atoms with Crippen LogP contribution in [0.25, 0.3) is 0 Å². The van der Waals surface area contributed by atoms with Crippen LogP contribution in [0.1, 0.15) is 6.42 Å². The van der Waals surface area contributed by atoms with Gasteiger partial charge in [-0.25, -0.2) is 8.78 Å². The van der Waals surface area contributed by atoms with Gasteiger partial charge in [-0.1, -0.05) is 0 Å². The summed E-state index contributed by atoms with van der Waals surface area (Å²) in [6, 6.07) is 0.